The van der Waals surface area contributed by atoms with Crippen LogP contribution in [0.3, 0.4) is 0 Å². The zero-order valence-corrected chi connectivity index (χ0v) is 45.3. The lowest BCUT2D eigenvalue weighted by molar-refractivity contribution is -0.130. The Balaban J connectivity index is 0.000000227. The smallest absolute Gasteiger partial charge is 0.255 e. The van der Waals surface area contributed by atoms with Crippen LogP contribution >= 0.6 is 0 Å². The Morgan fingerprint density at radius 1 is 0.899 bits per heavy atom. The number of pyridine rings is 2. The normalized spacial score (nSPS) is 22.4. The predicted molar refractivity (Wildman–Crippen MR) is 294 cm³/mol. The van der Waals surface area contributed by atoms with Crippen molar-refractivity contribution in [1.82, 2.24) is 44.8 Å². The standard InChI is InChI=1S/C40H44F2N8O3.C19H26N4O3/c1-2-53-32-16-33(37-29(21-43)23-45-50(37)24-32)28-3-6-36(44-22-28)49-9-7-40(8-10-49,46-38(52)34-15-30(41)4-5-35(34)42)26-47-11-13-48(14-12-47)31-19-39(20-31)17-27(18-39)25-51;1-20-18(25)6-4-16(13-24)23-12-14-11-15(3-5-17(14)19(23)26)22-9-7-21(2)8-10-22/h3-6,15-16,22-25,27,31H,2,7-14,17-20,26H2,1H3,(H,46,52);3,5,11,13,16H,4,6-10,12H2,1-2H3,(H,20,25). The van der Waals surface area contributed by atoms with E-state index >= 15 is 0 Å². The summed E-state index contributed by atoms with van der Waals surface area (Å²) < 4.78 is 36.3. The van der Waals surface area contributed by atoms with Crippen LogP contribution in [0.4, 0.5) is 20.3 Å². The fourth-order valence-electron chi connectivity index (χ4n) is 12.8. The van der Waals surface area contributed by atoms with Crippen molar-refractivity contribution >= 4 is 47.3 Å². The second-order valence-corrected chi connectivity index (χ2v) is 22.4. The van der Waals surface area contributed by atoms with Crippen LogP contribution in [0.5, 0.6) is 5.75 Å². The number of nitrogens with zero attached hydrogens (tertiary/aromatic N) is 10. The number of aromatic nitrogens is 3. The summed E-state index contributed by atoms with van der Waals surface area (Å²) >= 11 is 0. The number of rotatable bonds is 16. The molecule has 79 heavy (non-hydrogen) atoms. The number of hydrogen-bond acceptors (Lipinski definition) is 14. The maximum Gasteiger partial charge on any atom is 0.255 e. The molecule has 18 nitrogen and oxygen atoms in total. The summed E-state index contributed by atoms with van der Waals surface area (Å²) in [5.41, 5.74) is 4.95. The van der Waals surface area contributed by atoms with Gasteiger partial charge in [-0.05, 0) is 124 Å². The van der Waals surface area contributed by atoms with Crippen molar-refractivity contribution in [3.63, 3.8) is 0 Å². The highest BCUT2D eigenvalue weighted by Crippen LogP contribution is 2.59. The van der Waals surface area contributed by atoms with Gasteiger partial charge in [-0.25, -0.2) is 18.3 Å². The third kappa shape index (κ3) is 11.9. The van der Waals surface area contributed by atoms with E-state index in [9.17, 15) is 38.0 Å². The van der Waals surface area contributed by atoms with Crippen LogP contribution in [-0.4, -0.2) is 175 Å². The lowest BCUT2D eigenvalue weighted by Gasteiger charge is -2.60. The number of anilines is 2. The minimum absolute atomic E-state index is 0.126. The zero-order valence-electron chi connectivity index (χ0n) is 45.3. The van der Waals surface area contributed by atoms with E-state index in [0.29, 0.717) is 85.9 Å². The van der Waals surface area contributed by atoms with Crippen LogP contribution in [0, 0.1) is 34.3 Å². The predicted octanol–water partition coefficient (Wildman–Crippen LogP) is 5.58. The highest BCUT2D eigenvalue weighted by atomic mass is 19.1. The number of nitrogens with one attached hydrogen (secondary N) is 2. The first-order valence-electron chi connectivity index (χ1n) is 27.7. The quantitative estimate of drug-likeness (QED) is 0.117. The van der Waals surface area contributed by atoms with Gasteiger partial charge in [0.2, 0.25) is 5.91 Å². The molecular formula is C59H70F2N12O6. The molecule has 5 aromatic rings. The third-order valence-corrected chi connectivity index (χ3v) is 17.3. The number of carbonyl (C=O) groups excluding carboxylic acids is 5. The lowest BCUT2D eigenvalue weighted by Crippen LogP contribution is -2.64. The van der Waals surface area contributed by atoms with Crippen molar-refractivity contribution in [2.24, 2.45) is 11.3 Å². The van der Waals surface area contributed by atoms with Gasteiger partial charge in [0.15, 0.2) is 0 Å². The first-order chi connectivity index (χ1) is 38.2. The molecular weight excluding hydrogens is 1010 g/mol. The lowest BCUT2D eigenvalue weighted by atomic mass is 9.50. The zero-order chi connectivity index (χ0) is 55.4. The fraction of sp³-hybridized carbons (Fsp3) is 0.492. The summed E-state index contributed by atoms with van der Waals surface area (Å²) in [6.45, 7) is 12.2. The SMILES string of the molecule is CCOc1cc(-c2ccc(N3CCC(CN4CCN(C5CC6(CC(C=O)C6)C5)CC4)(NC(=O)c4cc(F)ccc4F)CC3)nc2)c2c(C#N)cnn2c1.CNC(=O)CCC(C=O)N1Cc2cc(N3CCN(C)CC3)ccc2C1=O. The minimum atomic E-state index is -0.750. The summed E-state index contributed by atoms with van der Waals surface area (Å²) in [7, 11) is 3.68. The molecule has 3 amide bonds. The number of piperidine rings is 1. The van der Waals surface area contributed by atoms with Crippen LogP contribution in [0.15, 0.2) is 73.2 Å². The molecule has 4 aliphatic heterocycles. The highest BCUT2D eigenvalue weighted by molar-refractivity contribution is 6.00. The van der Waals surface area contributed by atoms with E-state index in [2.05, 4.69) is 59.4 Å². The van der Waals surface area contributed by atoms with Crippen LogP contribution in [-0.2, 0) is 20.9 Å². The summed E-state index contributed by atoms with van der Waals surface area (Å²) in [5, 5.41) is 19.8. The number of likely N-dealkylation sites (N-methyl/N-ethyl adjacent to an activating group) is 1. The molecule has 1 spiro atoms. The molecule has 1 atom stereocenters. The Morgan fingerprint density at radius 2 is 1.66 bits per heavy atom. The number of hydrogen-bond donors (Lipinski definition) is 2. The maximum atomic E-state index is 14.7. The van der Waals surface area contributed by atoms with Crippen molar-refractivity contribution in [1.29, 1.82) is 5.26 Å². The van der Waals surface area contributed by atoms with Crippen molar-refractivity contribution in [3.8, 4) is 22.9 Å². The molecule has 2 saturated carbocycles. The number of piperazine rings is 2. The van der Waals surface area contributed by atoms with Gasteiger partial charge in [-0.1, -0.05) is 0 Å². The number of carbonyl (C=O) groups is 5. The van der Waals surface area contributed by atoms with Gasteiger partial charge in [0.1, 0.15) is 41.8 Å². The Morgan fingerprint density at radius 3 is 2.33 bits per heavy atom. The number of amides is 3. The minimum Gasteiger partial charge on any atom is -0.492 e. The molecule has 6 aliphatic rings. The Bertz CT molecular complexity index is 3090. The fourth-order valence-corrected chi connectivity index (χ4v) is 12.8. The van der Waals surface area contributed by atoms with Crippen molar-refractivity contribution in [3.05, 3.63) is 107 Å². The molecule has 7 heterocycles. The number of fused-ring (bicyclic) bond motifs is 2. The van der Waals surface area contributed by atoms with Gasteiger partial charge in [-0.15, -0.1) is 0 Å². The Kier molecular flexibility index (Phi) is 16.4. The van der Waals surface area contributed by atoms with Gasteiger partial charge >= 0.3 is 0 Å². The monoisotopic (exact) mass is 1080 g/mol. The van der Waals surface area contributed by atoms with E-state index in [1.54, 1.807) is 35.1 Å². The molecule has 5 fully saturated rings. The first kappa shape index (κ1) is 55.0. The van der Waals surface area contributed by atoms with Crippen LogP contribution < -0.4 is 25.2 Å². The second kappa shape index (κ2) is 23.6. The number of ether oxygens (including phenoxy) is 1. The molecule has 11 rings (SSSR count). The summed E-state index contributed by atoms with van der Waals surface area (Å²) in [5.74, 6) is -0.596. The third-order valence-electron chi connectivity index (χ3n) is 17.3. The first-order valence-corrected chi connectivity index (χ1v) is 27.7. The van der Waals surface area contributed by atoms with Gasteiger partial charge in [0.25, 0.3) is 11.8 Å². The van der Waals surface area contributed by atoms with Gasteiger partial charge in [-0.3, -0.25) is 24.2 Å². The molecule has 2 aliphatic carbocycles. The van der Waals surface area contributed by atoms with E-state index in [1.807, 2.05) is 37.3 Å². The summed E-state index contributed by atoms with van der Waals surface area (Å²) in [4.78, 5) is 78.5. The Labute approximate surface area is 459 Å². The summed E-state index contributed by atoms with van der Waals surface area (Å²) in [6.07, 6.45) is 13.2. The molecule has 3 aromatic heterocycles. The van der Waals surface area contributed by atoms with E-state index in [0.717, 1.165) is 124 Å². The van der Waals surface area contributed by atoms with E-state index in [1.165, 1.54) is 12.8 Å². The van der Waals surface area contributed by atoms with Gasteiger partial charge in [-0.2, -0.15) is 10.4 Å². The van der Waals surface area contributed by atoms with E-state index in [4.69, 9.17) is 9.72 Å². The van der Waals surface area contributed by atoms with Crippen LogP contribution in [0.1, 0.15) is 90.1 Å². The topological polar surface area (TPSA) is 192 Å². The van der Waals surface area contributed by atoms with Crippen molar-refractivity contribution < 1.29 is 37.5 Å². The molecule has 416 valence electrons. The van der Waals surface area contributed by atoms with Crippen LogP contribution in [0.25, 0.3) is 16.6 Å². The highest BCUT2D eigenvalue weighted by Gasteiger charge is 2.54. The Hall–Kier alpha value is -7.34. The second-order valence-electron chi connectivity index (χ2n) is 22.4. The maximum absolute atomic E-state index is 14.7. The molecule has 0 radical (unpaired) electrons. The molecule has 1 unspecified atom stereocenters. The number of aldehydes is 2. The molecule has 2 aromatic carbocycles. The average molecular weight is 1080 g/mol. The summed E-state index contributed by atoms with van der Waals surface area (Å²) in [6, 6.07) is 17.0. The van der Waals surface area contributed by atoms with Gasteiger partial charge < -0.3 is 44.6 Å². The number of nitriles is 1. The van der Waals surface area contributed by atoms with Crippen molar-refractivity contribution in [2.45, 2.75) is 82.5 Å². The van der Waals surface area contributed by atoms with E-state index < -0.39 is 29.1 Å². The van der Waals surface area contributed by atoms with Crippen molar-refractivity contribution in [2.75, 3.05) is 102 Å². The van der Waals surface area contributed by atoms with Crippen LogP contribution in [0.2, 0.25) is 0 Å². The largest absolute Gasteiger partial charge is 0.492 e. The molecule has 3 saturated heterocycles. The molecule has 2 N–H and O–H groups in total. The van der Waals surface area contributed by atoms with E-state index in [-0.39, 0.29) is 29.7 Å². The number of benzene rings is 2. The average Bonchev–Trinajstić information content (AvgIpc) is 4.21. The molecule has 0 bridgehead atoms. The number of halogens is 2. The van der Waals surface area contributed by atoms with Gasteiger partial charge in [0.05, 0.1) is 47.2 Å². The van der Waals surface area contributed by atoms with Gasteiger partial charge in [0, 0.05) is 133 Å². The molecule has 20 heteroatoms.